The van der Waals surface area contributed by atoms with E-state index < -0.39 is 15.1 Å². The number of methoxy groups -OCH3 is 1. The average molecular weight is 365 g/mol. The molecule has 2 unspecified atom stereocenters. The van der Waals surface area contributed by atoms with Gasteiger partial charge in [-0.1, -0.05) is 43.4 Å². The van der Waals surface area contributed by atoms with Crippen molar-refractivity contribution in [2.24, 2.45) is 10.4 Å². The van der Waals surface area contributed by atoms with Crippen molar-refractivity contribution in [1.29, 1.82) is 0 Å². The highest BCUT2D eigenvalue weighted by atomic mass is 127. The van der Waals surface area contributed by atoms with Crippen LogP contribution in [-0.2, 0) is 4.74 Å². The Morgan fingerprint density at radius 3 is 2.44 bits per heavy atom. The first kappa shape index (κ1) is 15.3. The Morgan fingerprint density at radius 1 is 1.56 bits per heavy atom. The fourth-order valence-electron chi connectivity index (χ4n) is 2.21. The monoisotopic (exact) mass is 365 g/mol. The number of ether oxygens (including phenoxy) is 1. The zero-order chi connectivity index (χ0) is 14.2. The maximum absolute atomic E-state index is 11.0. The third kappa shape index (κ3) is 2.48. The van der Waals surface area contributed by atoms with Crippen LogP contribution in [0.15, 0.2) is 17.0 Å². The number of carbonyl (C=O) groups is 1. The predicted molar refractivity (Wildman–Crippen MR) is 76.7 cm³/mol. The standard InChI is InChI=1S/C12H19IN2O3/c1-10(2,3)12(15-9(16)17)7-14-8(18-5)6-11(12,4)13/h6-7,15H,1-5H3,(H,16,17)/p-1. The molecule has 0 radical (unpaired) electrons. The van der Waals surface area contributed by atoms with E-state index in [9.17, 15) is 9.90 Å². The van der Waals surface area contributed by atoms with Crippen LogP contribution in [0.25, 0.3) is 0 Å². The summed E-state index contributed by atoms with van der Waals surface area (Å²) in [6, 6.07) is 0. The van der Waals surface area contributed by atoms with E-state index in [1.165, 1.54) is 7.11 Å². The summed E-state index contributed by atoms with van der Waals surface area (Å²) in [5.74, 6) is 0.479. The van der Waals surface area contributed by atoms with Gasteiger partial charge in [-0.3, -0.25) is 0 Å². The molecule has 0 aromatic rings. The van der Waals surface area contributed by atoms with Crippen LogP contribution in [0.1, 0.15) is 27.7 Å². The SMILES string of the molecule is COC1=CC(C)(I)C(NC(=O)[O-])(C(C)(C)C)C=N1. The van der Waals surface area contributed by atoms with Crippen molar-refractivity contribution < 1.29 is 14.6 Å². The minimum absolute atomic E-state index is 0.373. The van der Waals surface area contributed by atoms with E-state index in [-0.39, 0.29) is 5.41 Å². The first-order valence-electron chi connectivity index (χ1n) is 5.56. The van der Waals surface area contributed by atoms with Crippen molar-refractivity contribution in [2.75, 3.05) is 7.11 Å². The van der Waals surface area contributed by atoms with Crippen LogP contribution in [-0.4, -0.2) is 28.4 Å². The molecule has 0 fully saturated rings. The summed E-state index contributed by atoms with van der Waals surface area (Å²) in [6.45, 7) is 7.80. The van der Waals surface area contributed by atoms with Gasteiger partial charge in [0.2, 0.25) is 5.88 Å². The molecule has 1 aliphatic rings. The molecule has 102 valence electrons. The highest BCUT2D eigenvalue weighted by Gasteiger charge is 2.54. The molecule has 0 spiro atoms. The van der Waals surface area contributed by atoms with Gasteiger partial charge in [0, 0.05) is 6.21 Å². The van der Waals surface area contributed by atoms with Crippen molar-refractivity contribution in [3.05, 3.63) is 12.0 Å². The van der Waals surface area contributed by atoms with Gasteiger partial charge in [0.15, 0.2) is 0 Å². The third-order valence-electron chi connectivity index (χ3n) is 3.24. The molecule has 1 rings (SSSR count). The molecular formula is C12H18IN2O3-. The van der Waals surface area contributed by atoms with Crippen molar-refractivity contribution in [3.8, 4) is 0 Å². The lowest BCUT2D eigenvalue weighted by atomic mass is 9.66. The van der Waals surface area contributed by atoms with Crippen LogP contribution in [0.5, 0.6) is 0 Å². The van der Waals surface area contributed by atoms with E-state index in [4.69, 9.17) is 4.74 Å². The van der Waals surface area contributed by atoms with Gasteiger partial charge in [-0.2, -0.15) is 0 Å². The highest BCUT2D eigenvalue weighted by Crippen LogP contribution is 2.46. The van der Waals surface area contributed by atoms with E-state index in [2.05, 4.69) is 32.9 Å². The van der Waals surface area contributed by atoms with Crippen LogP contribution in [0, 0.1) is 5.41 Å². The number of carbonyl (C=O) groups excluding carboxylic acids is 1. The largest absolute Gasteiger partial charge is 0.530 e. The summed E-state index contributed by atoms with van der Waals surface area (Å²) in [6.07, 6.45) is 2.11. The van der Waals surface area contributed by atoms with Crippen LogP contribution in [0.3, 0.4) is 0 Å². The molecular weight excluding hydrogens is 347 g/mol. The molecule has 0 aromatic heterocycles. The van der Waals surface area contributed by atoms with Gasteiger partial charge in [0.05, 0.1) is 16.1 Å². The fourth-order valence-corrected chi connectivity index (χ4v) is 3.56. The molecule has 0 aromatic carbocycles. The van der Waals surface area contributed by atoms with E-state index in [0.29, 0.717) is 5.88 Å². The predicted octanol–water partition coefficient (Wildman–Crippen LogP) is 1.47. The lowest BCUT2D eigenvalue weighted by Gasteiger charge is -2.52. The summed E-state index contributed by atoms with van der Waals surface area (Å²) >= 11 is 2.20. The Labute approximate surface area is 121 Å². The maximum Gasteiger partial charge on any atom is 0.209 e. The molecule has 18 heavy (non-hydrogen) atoms. The van der Waals surface area contributed by atoms with E-state index >= 15 is 0 Å². The van der Waals surface area contributed by atoms with Gasteiger partial charge in [0.1, 0.15) is 6.09 Å². The normalized spacial score (nSPS) is 31.8. The molecule has 0 saturated carbocycles. The number of nitrogens with zero attached hydrogens (tertiary/aromatic N) is 1. The molecule has 2 atom stereocenters. The van der Waals surface area contributed by atoms with Crippen LogP contribution in [0.4, 0.5) is 4.79 Å². The van der Waals surface area contributed by atoms with Crippen molar-refractivity contribution in [2.45, 2.75) is 36.7 Å². The topological polar surface area (TPSA) is 73.8 Å². The first-order chi connectivity index (χ1) is 8.06. The summed E-state index contributed by atoms with van der Waals surface area (Å²) in [5, 5.41) is 13.5. The fraction of sp³-hybridized carbons (Fsp3) is 0.667. The highest BCUT2D eigenvalue weighted by molar-refractivity contribution is 14.1. The second-order valence-electron chi connectivity index (χ2n) is 5.49. The Morgan fingerprint density at radius 2 is 2.11 bits per heavy atom. The number of hydrogen-bond acceptors (Lipinski definition) is 4. The maximum atomic E-state index is 11.0. The van der Waals surface area contributed by atoms with Crippen LogP contribution < -0.4 is 10.4 Å². The van der Waals surface area contributed by atoms with Gasteiger partial charge < -0.3 is 20.0 Å². The molecule has 5 nitrogen and oxygen atoms in total. The van der Waals surface area contributed by atoms with Crippen molar-refractivity contribution in [1.82, 2.24) is 5.32 Å². The molecule has 0 aliphatic carbocycles. The van der Waals surface area contributed by atoms with Crippen molar-refractivity contribution >= 4 is 34.9 Å². The van der Waals surface area contributed by atoms with Crippen LogP contribution in [0.2, 0.25) is 0 Å². The number of alkyl halides is 1. The lowest BCUT2D eigenvalue weighted by molar-refractivity contribution is -0.253. The Bertz CT molecular complexity index is 410. The third-order valence-corrected chi connectivity index (χ3v) is 4.40. The minimum atomic E-state index is -1.31. The quantitative estimate of drug-likeness (QED) is 0.595. The van der Waals surface area contributed by atoms with Gasteiger partial charge in [0.25, 0.3) is 0 Å². The van der Waals surface area contributed by atoms with Gasteiger partial charge >= 0.3 is 0 Å². The lowest BCUT2D eigenvalue weighted by Crippen LogP contribution is -2.70. The Balaban J connectivity index is 3.34. The first-order valence-corrected chi connectivity index (χ1v) is 6.64. The number of rotatable bonds is 2. The molecule has 6 heteroatoms. The molecule has 0 bridgehead atoms. The number of aliphatic imine (C=N–C) groups is 1. The second-order valence-corrected chi connectivity index (χ2v) is 7.73. The zero-order valence-electron chi connectivity index (χ0n) is 11.2. The summed E-state index contributed by atoms with van der Waals surface area (Å²) in [5.41, 5.74) is -1.23. The molecule has 1 heterocycles. The summed E-state index contributed by atoms with van der Waals surface area (Å²) in [4.78, 5) is 15.2. The van der Waals surface area contributed by atoms with E-state index in [1.807, 2.05) is 33.8 Å². The number of hydrogen-bond donors (Lipinski definition) is 1. The smallest absolute Gasteiger partial charge is 0.209 e. The summed E-state index contributed by atoms with van der Waals surface area (Å²) < 4.78 is 4.59. The summed E-state index contributed by atoms with van der Waals surface area (Å²) in [7, 11) is 1.53. The van der Waals surface area contributed by atoms with Gasteiger partial charge in [-0.05, 0) is 18.4 Å². The molecule has 1 N–H and O–H groups in total. The number of amides is 1. The minimum Gasteiger partial charge on any atom is -0.530 e. The van der Waals surface area contributed by atoms with Gasteiger partial charge in [-0.25, -0.2) is 4.99 Å². The Kier molecular flexibility index (Phi) is 4.00. The second kappa shape index (κ2) is 4.71. The molecule has 0 saturated heterocycles. The number of halogens is 1. The zero-order valence-corrected chi connectivity index (χ0v) is 13.4. The van der Waals surface area contributed by atoms with Crippen molar-refractivity contribution in [3.63, 3.8) is 0 Å². The number of nitrogens with one attached hydrogen (secondary N) is 1. The van der Waals surface area contributed by atoms with E-state index in [1.54, 1.807) is 6.21 Å². The van der Waals surface area contributed by atoms with E-state index in [0.717, 1.165) is 0 Å². The van der Waals surface area contributed by atoms with Crippen LogP contribution >= 0.6 is 22.6 Å². The van der Waals surface area contributed by atoms with Gasteiger partial charge in [-0.15, -0.1) is 0 Å². The Hall–Kier alpha value is -0.790. The number of carboxylic acid groups (broad SMARTS) is 1. The average Bonchev–Trinajstić information content (AvgIpc) is 2.18. The molecule has 1 amide bonds. The molecule has 1 aliphatic heterocycles.